The van der Waals surface area contributed by atoms with Crippen molar-refractivity contribution in [3.05, 3.63) is 42.0 Å². The molecule has 0 nitrogen and oxygen atoms in total. The van der Waals surface area contributed by atoms with Crippen LogP contribution in [0.2, 0.25) is 0 Å². The highest BCUT2D eigenvalue weighted by molar-refractivity contribution is 5.58. The molecule has 79 valence electrons. The summed E-state index contributed by atoms with van der Waals surface area (Å²) in [5.41, 5.74) is 0.680. The van der Waals surface area contributed by atoms with Gasteiger partial charge in [0.15, 0.2) is 0 Å². The highest BCUT2D eigenvalue weighted by atomic mass is 19.1. The van der Waals surface area contributed by atoms with Gasteiger partial charge in [-0.2, -0.15) is 0 Å². The van der Waals surface area contributed by atoms with E-state index in [4.69, 9.17) is 0 Å². The van der Waals surface area contributed by atoms with Crippen molar-refractivity contribution >= 4 is 5.83 Å². The molecule has 2 rings (SSSR count). The molecule has 1 fully saturated rings. The molecular formula is C14H16F. The Morgan fingerprint density at radius 3 is 2.53 bits per heavy atom. The molecule has 0 aliphatic heterocycles. The maximum Gasteiger partial charge on any atom is 0.126 e. The van der Waals surface area contributed by atoms with Crippen molar-refractivity contribution in [1.82, 2.24) is 0 Å². The van der Waals surface area contributed by atoms with Crippen molar-refractivity contribution < 1.29 is 4.39 Å². The fraction of sp³-hybridized carbons (Fsp3) is 0.429. The Hall–Kier alpha value is -1.11. The Kier molecular flexibility index (Phi) is 3.54. The highest BCUT2D eigenvalue weighted by Crippen LogP contribution is 2.28. The number of allylic oxidation sites excluding steroid dienone is 1. The topological polar surface area (TPSA) is 0 Å². The molecule has 0 bridgehead atoms. The average molecular weight is 203 g/mol. The molecule has 1 aromatic carbocycles. The SMILES string of the molecule is F/C(=C/C1CCCCC1)c1cc[c]cc1. The van der Waals surface area contributed by atoms with Crippen molar-refractivity contribution in [1.29, 1.82) is 0 Å². The standard InChI is InChI=1S/C14H16F/c15-14(13-9-5-2-6-10-13)11-12-7-3-1-4-8-12/h5-6,9-12H,1,3-4,7-8H2/b14-11+. The summed E-state index contributed by atoms with van der Waals surface area (Å²) >= 11 is 0. The lowest BCUT2D eigenvalue weighted by molar-refractivity contribution is 0.417. The van der Waals surface area contributed by atoms with E-state index in [1.165, 1.54) is 19.3 Å². The molecule has 0 atom stereocenters. The van der Waals surface area contributed by atoms with E-state index in [9.17, 15) is 4.39 Å². The monoisotopic (exact) mass is 203 g/mol. The second-order valence-electron chi connectivity index (χ2n) is 4.20. The van der Waals surface area contributed by atoms with Crippen LogP contribution in [0.3, 0.4) is 0 Å². The van der Waals surface area contributed by atoms with Crippen LogP contribution in [-0.4, -0.2) is 0 Å². The number of benzene rings is 1. The lowest BCUT2D eigenvalue weighted by atomic mass is 9.88. The van der Waals surface area contributed by atoms with Gasteiger partial charge in [-0.3, -0.25) is 0 Å². The van der Waals surface area contributed by atoms with E-state index >= 15 is 0 Å². The summed E-state index contributed by atoms with van der Waals surface area (Å²) in [6.45, 7) is 0. The van der Waals surface area contributed by atoms with Crippen LogP contribution in [0.5, 0.6) is 0 Å². The summed E-state index contributed by atoms with van der Waals surface area (Å²) in [5, 5.41) is 0. The Bertz CT molecular complexity index is 320. The summed E-state index contributed by atoms with van der Waals surface area (Å²) in [6, 6.07) is 9.95. The number of rotatable bonds is 2. The Morgan fingerprint density at radius 2 is 1.87 bits per heavy atom. The van der Waals surface area contributed by atoms with Gasteiger partial charge in [-0.15, -0.1) is 0 Å². The predicted molar refractivity (Wildman–Crippen MR) is 60.9 cm³/mol. The van der Waals surface area contributed by atoms with Gasteiger partial charge in [0.1, 0.15) is 5.83 Å². The van der Waals surface area contributed by atoms with Gasteiger partial charge in [0.2, 0.25) is 0 Å². The number of halogens is 1. The van der Waals surface area contributed by atoms with E-state index < -0.39 is 0 Å². The third-order valence-electron chi connectivity index (χ3n) is 3.03. The van der Waals surface area contributed by atoms with E-state index in [0.29, 0.717) is 11.5 Å². The van der Waals surface area contributed by atoms with Crippen LogP contribution >= 0.6 is 0 Å². The molecular weight excluding hydrogens is 187 g/mol. The van der Waals surface area contributed by atoms with E-state index in [2.05, 4.69) is 6.07 Å². The van der Waals surface area contributed by atoms with Gasteiger partial charge in [-0.05, 0) is 30.9 Å². The summed E-state index contributed by atoms with van der Waals surface area (Å²) in [7, 11) is 0. The molecule has 1 aliphatic carbocycles. The van der Waals surface area contributed by atoms with Crippen LogP contribution in [-0.2, 0) is 0 Å². The van der Waals surface area contributed by atoms with Gasteiger partial charge >= 0.3 is 0 Å². The van der Waals surface area contributed by atoms with Crippen LogP contribution in [0.25, 0.3) is 5.83 Å². The van der Waals surface area contributed by atoms with Gasteiger partial charge < -0.3 is 0 Å². The molecule has 15 heavy (non-hydrogen) atoms. The van der Waals surface area contributed by atoms with Gasteiger partial charge in [-0.1, -0.05) is 43.5 Å². The van der Waals surface area contributed by atoms with Gasteiger partial charge in [0, 0.05) is 5.56 Å². The second kappa shape index (κ2) is 5.11. The van der Waals surface area contributed by atoms with Gasteiger partial charge in [0.25, 0.3) is 0 Å². The van der Waals surface area contributed by atoms with Gasteiger partial charge in [-0.25, -0.2) is 4.39 Å². The van der Waals surface area contributed by atoms with Crippen LogP contribution < -0.4 is 0 Å². The molecule has 0 N–H and O–H groups in total. The van der Waals surface area contributed by atoms with Crippen LogP contribution in [0, 0.1) is 12.0 Å². The summed E-state index contributed by atoms with van der Waals surface area (Å²) in [5.74, 6) is 0.374. The first kappa shape index (κ1) is 10.4. The molecule has 0 amide bonds. The van der Waals surface area contributed by atoms with Crippen molar-refractivity contribution in [2.24, 2.45) is 5.92 Å². The molecule has 1 saturated carbocycles. The molecule has 1 heteroatoms. The zero-order chi connectivity index (χ0) is 10.5. The minimum absolute atomic E-state index is 0.0732. The third-order valence-corrected chi connectivity index (χ3v) is 3.03. The molecule has 0 aromatic heterocycles. The lowest BCUT2D eigenvalue weighted by Crippen LogP contribution is -2.03. The minimum Gasteiger partial charge on any atom is -0.207 e. The van der Waals surface area contributed by atoms with Crippen LogP contribution in [0.15, 0.2) is 30.3 Å². The van der Waals surface area contributed by atoms with E-state index in [1.807, 2.05) is 0 Å². The normalized spacial score (nSPS) is 19.1. The third kappa shape index (κ3) is 2.92. The maximum absolute atomic E-state index is 13.8. The van der Waals surface area contributed by atoms with E-state index in [1.54, 1.807) is 30.3 Å². The minimum atomic E-state index is -0.0732. The first-order valence-electron chi connectivity index (χ1n) is 5.70. The maximum atomic E-state index is 13.8. The van der Waals surface area contributed by atoms with Crippen LogP contribution in [0.1, 0.15) is 37.7 Å². The fourth-order valence-corrected chi connectivity index (χ4v) is 2.15. The van der Waals surface area contributed by atoms with Gasteiger partial charge in [0.05, 0.1) is 0 Å². The second-order valence-corrected chi connectivity index (χ2v) is 4.20. The Balaban J connectivity index is 2.06. The highest BCUT2D eigenvalue weighted by Gasteiger charge is 2.12. The van der Waals surface area contributed by atoms with E-state index in [0.717, 1.165) is 12.8 Å². The quantitative estimate of drug-likeness (QED) is 0.669. The van der Waals surface area contributed by atoms with Crippen molar-refractivity contribution in [3.63, 3.8) is 0 Å². The van der Waals surface area contributed by atoms with Crippen LogP contribution in [0.4, 0.5) is 4.39 Å². The summed E-state index contributed by atoms with van der Waals surface area (Å²) in [4.78, 5) is 0. The Morgan fingerprint density at radius 1 is 1.20 bits per heavy atom. The summed E-state index contributed by atoms with van der Waals surface area (Å²) < 4.78 is 13.8. The average Bonchev–Trinajstić information content (AvgIpc) is 2.31. The van der Waals surface area contributed by atoms with Crippen molar-refractivity contribution in [2.45, 2.75) is 32.1 Å². The largest absolute Gasteiger partial charge is 0.207 e. The molecule has 0 saturated heterocycles. The predicted octanol–water partition coefficient (Wildman–Crippen LogP) is 4.38. The summed E-state index contributed by atoms with van der Waals surface area (Å²) in [6.07, 6.45) is 7.90. The number of hydrogen-bond acceptors (Lipinski definition) is 0. The zero-order valence-corrected chi connectivity index (χ0v) is 8.88. The molecule has 1 aromatic rings. The van der Waals surface area contributed by atoms with Crippen molar-refractivity contribution in [2.75, 3.05) is 0 Å². The number of hydrogen-bond donors (Lipinski definition) is 0. The molecule has 0 spiro atoms. The zero-order valence-electron chi connectivity index (χ0n) is 8.88. The molecule has 0 unspecified atom stereocenters. The Labute approximate surface area is 90.8 Å². The smallest absolute Gasteiger partial charge is 0.126 e. The van der Waals surface area contributed by atoms with Crippen molar-refractivity contribution in [3.8, 4) is 0 Å². The molecule has 1 radical (unpaired) electrons. The lowest BCUT2D eigenvalue weighted by Gasteiger charge is -2.18. The van der Waals surface area contributed by atoms with E-state index in [-0.39, 0.29) is 5.83 Å². The fourth-order valence-electron chi connectivity index (χ4n) is 2.15. The molecule has 0 heterocycles. The molecule has 1 aliphatic rings. The first-order valence-corrected chi connectivity index (χ1v) is 5.70. The first-order chi connectivity index (χ1) is 7.36.